The Morgan fingerprint density at radius 2 is 1.75 bits per heavy atom. The number of carbonyl (C=O) groups is 1. The summed E-state index contributed by atoms with van der Waals surface area (Å²) < 4.78 is 1.92. The Morgan fingerprint density at radius 3 is 2.15 bits per heavy atom. The SMILES string of the molecule is CCCCCCN.O=C(CBr)c1ccccc1.S=C=S. The average Bonchev–Trinajstić information content (AvgIpc) is 2.49. The minimum absolute atomic E-state index is 0.126. The lowest BCUT2D eigenvalue weighted by molar-refractivity contribution is 0.102. The van der Waals surface area contributed by atoms with Crippen LogP contribution in [0.25, 0.3) is 0 Å². The quantitative estimate of drug-likeness (QED) is 0.335. The number of hydrogen-bond acceptors (Lipinski definition) is 4. The molecule has 1 aromatic carbocycles. The van der Waals surface area contributed by atoms with Crippen molar-refractivity contribution in [2.24, 2.45) is 5.73 Å². The second-order valence-corrected chi connectivity index (χ2v) is 5.08. The van der Waals surface area contributed by atoms with Gasteiger partial charge in [-0.3, -0.25) is 4.79 Å². The van der Waals surface area contributed by atoms with Crippen LogP contribution in [-0.2, 0) is 0 Å². The van der Waals surface area contributed by atoms with Crippen molar-refractivity contribution >= 4 is 50.5 Å². The summed E-state index contributed by atoms with van der Waals surface area (Å²) in [6, 6.07) is 9.23. The maximum Gasteiger partial charge on any atom is 0.173 e. The van der Waals surface area contributed by atoms with Crippen LogP contribution >= 0.6 is 40.4 Å². The van der Waals surface area contributed by atoms with Gasteiger partial charge in [0.25, 0.3) is 0 Å². The van der Waals surface area contributed by atoms with Crippen molar-refractivity contribution in [3.8, 4) is 0 Å². The van der Waals surface area contributed by atoms with E-state index in [4.69, 9.17) is 5.73 Å². The molecule has 0 amide bonds. The number of halogens is 1. The normalized spacial score (nSPS) is 8.35. The van der Waals surface area contributed by atoms with Crippen LogP contribution in [0.15, 0.2) is 30.3 Å². The minimum Gasteiger partial charge on any atom is -0.330 e. The van der Waals surface area contributed by atoms with Crippen LogP contribution < -0.4 is 5.73 Å². The molecule has 2 N–H and O–H groups in total. The van der Waals surface area contributed by atoms with Gasteiger partial charge >= 0.3 is 0 Å². The number of Topliss-reactive ketones (excluding diaryl/α,β-unsaturated/α-hetero) is 1. The number of rotatable bonds is 6. The second-order valence-electron chi connectivity index (χ2n) is 3.86. The Labute approximate surface area is 141 Å². The van der Waals surface area contributed by atoms with Gasteiger partial charge in [0.15, 0.2) is 5.78 Å². The topological polar surface area (TPSA) is 43.1 Å². The van der Waals surface area contributed by atoms with Gasteiger partial charge in [-0.15, -0.1) is 0 Å². The molecule has 0 heterocycles. The van der Waals surface area contributed by atoms with Crippen LogP contribution in [0.5, 0.6) is 0 Å². The van der Waals surface area contributed by atoms with Crippen LogP contribution in [0.2, 0.25) is 0 Å². The number of hydrogen-bond donors (Lipinski definition) is 1. The van der Waals surface area contributed by atoms with E-state index in [0.717, 1.165) is 12.1 Å². The van der Waals surface area contributed by atoms with Gasteiger partial charge in [0.05, 0.1) is 5.33 Å². The molecule has 0 fully saturated rings. The molecule has 0 spiro atoms. The fourth-order valence-electron chi connectivity index (χ4n) is 1.27. The second kappa shape index (κ2) is 18.6. The maximum absolute atomic E-state index is 11.0. The van der Waals surface area contributed by atoms with Crippen LogP contribution in [0.4, 0.5) is 0 Å². The zero-order valence-corrected chi connectivity index (χ0v) is 15.0. The predicted octanol–water partition coefficient (Wildman–Crippen LogP) is 4.81. The Kier molecular flexibility index (Phi) is 20.3. The number of ketones is 1. The summed E-state index contributed by atoms with van der Waals surface area (Å²) in [5.74, 6) is 0.126. The summed E-state index contributed by atoms with van der Waals surface area (Å²) in [6.45, 7) is 3.07. The minimum atomic E-state index is 0.126. The Bertz CT molecular complexity index is 361. The standard InChI is InChI=1S/C8H7BrO.C6H15N.CS2/c9-6-8(10)7-4-2-1-3-5-7;1-2-3-4-5-6-7;2-1-3/h1-5H,6H2;2-7H2,1H3;. The largest absolute Gasteiger partial charge is 0.330 e. The smallest absolute Gasteiger partial charge is 0.173 e. The molecule has 0 aliphatic heterocycles. The fraction of sp³-hybridized carbons (Fsp3) is 0.467. The molecule has 2 nitrogen and oxygen atoms in total. The Hall–Kier alpha value is -0.450. The zero-order chi connectivity index (χ0) is 15.6. The van der Waals surface area contributed by atoms with Gasteiger partial charge in [-0.1, -0.05) is 72.4 Å². The van der Waals surface area contributed by atoms with Crippen LogP contribution in [0.1, 0.15) is 43.0 Å². The van der Waals surface area contributed by atoms with Gasteiger partial charge in [-0.25, -0.2) is 0 Å². The Balaban J connectivity index is 0. The first-order valence-corrected chi connectivity index (χ1v) is 8.45. The van der Waals surface area contributed by atoms with E-state index in [0.29, 0.717) is 5.33 Å². The van der Waals surface area contributed by atoms with E-state index >= 15 is 0 Å². The zero-order valence-electron chi connectivity index (χ0n) is 11.8. The third-order valence-corrected chi connectivity index (χ3v) is 2.78. The van der Waals surface area contributed by atoms with E-state index in [2.05, 4.69) is 47.3 Å². The van der Waals surface area contributed by atoms with Crippen molar-refractivity contribution < 1.29 is 4.79 Å². The lowest BCUT2D eigenvalue weighted by atomic mass is 10.2. The molecule has 0 saturated heterocycles. The monoisotopic (exact) mass is 375 g/mol. The summed E-state index contributed by atoms with van der Waals surface area (Å²) in [5.41, 5.74) is 6.03. The van der Waals surface area contributed by atoms with Gasteiger partial charge < -0.3 is 5.73 Å². The highest BCUT2D eigenvalue weighted by Gasteiger charge is 1.99. The fourth-order valence-corrected chi connectivity index (χ4v) is 1.60. The first-order valence-electron chi connectivity index (χ1n) is 6.51. The summed E-state index contributed by atoms with van der Waals surface area (Å²) in [7, 11) is 0. The lowest BCUT2D eigenvalue weighted by Crippen LogP contribution is -1.98. The molecule has 0 aliphatic rings. The summed E-state index contributed by atoms with van der Waals surface area (Å²) in [6.07, 6.45) is 5.16. The highest BCUT2D eigenvalue weighted by molar-refractivity contribution is 9.09. The van der Waals surface area contributed by atoms with E-state index in [1.54, 1.807) is 0 Å². The van der Waals surface area contributed by atoms with Crippen molar-refractivity contribution in [2.75, 3.05) is 11.9 Å². The molecular weight excluding hydrogens is 354 g/mol. The van der Waals surface area contributed by atoms with Gasteiger partial charge in [-0.2, -0.15) is 0 Å². The van der Waals surface area contributed by atoms with Crippen LogP contribution in [-0.4, -0.2) is 22.0 Å². The van der Waals surface area contributed by atoms with E-state index in [1.807, 2.05) is 34.6 Å². The highest BCUT2D eigenvalue weighted by Crippen LogP contribution is 2.01. The van der Waals surface area contributed by atoms with E-state index in [-0.39, 0.29) is 5.78 Å². The molecule has 5 heteroatoms. The first kappa shape index (κ1) is 21.8. The van der Waals surface area contributed by atoms with E-state index < -0.39 is 0 Å². The third kappa shape index (κ3) is 15.6. The summed E-state index contributed by atoms with van der Waals surface area (Å²) in [5, 5.41) is 0.400. The maximum atomic E-state index is 11.0. The molecule has 1 aromatic rings. The van der Waals surface area contributed by atoms with Crippen molar-refractivity contribution in [3.63, 3.8) is 0 Å². The molecule has 0 radical (unpaired) electrons. The van der Waals surface area contributed by atoms with Gasteiger partial charge in [-0.05, 0) is 37.4 Å². The molecule has 0 unspecified atom stereocenters. The highest BCUT2D eigenvalue weighted by atomic mass is 79.9. The number of benzene rings is 1. The van der Waals surface area contributed by atoms with Crippen molar-refractivity contribution in [1.29, 1.82) is 0 Å². The Morgan fingerprint density at radius 1 is 1.20 bits per heavy atom. The molecule has 112 valence electrons. The molecule has 0 bridgehead atoms. The third-order valence-electron chi connectivity index (χ3n) is 2.27. The lowest BCUT2D eigenvalue weighted by Gasteiger charge is -1.92. The van der Waals surface area contributed by atoms with Crippen molar-refractivity contribution in [2.45, 2.75) is 32.6 Å². The summed E-state index contributed by atoms with van der Waals surface area (Å²) in [4.78, 5) is 11.0. The number of carbonyl (C=O) groups excluding carboxylic acids is 1. The van der Waals surface area contributed by atoms with Gasteiger partial charge in [0, 0.05) is 9.88 Å². The molecule has 0 atom stereocenters. The van der Waals surface area contributed by atoms with Crippen molar-refractivity contribution in [3.05, 3.63) is 35.9 Å². The van der Waals surface area contributed by atoms with Gasteiger partial charge in [0.1, 0.15) is 0 Å². The molecule has 0 aliphatic carbocycles. The molecule has 0 aromatic heterocycles. The number of thiocarbonyl (C=S) groups is 2. The first-order chi connectivity index (χ1) is 9.67. The number of nitrogens with two attached hydrogens (primary N) is 1. The predicted molar refractivity (Wildman–Crippen MR) is 98.0 cm³/mol. The van der Waals surface area contributed by atoms with E-state index in [9.17, 15) is 4.79 Å². The molecule has 1 rings (SSSR count). The summed E-state index contributed by atoms with van der Waals surface area (Å²) >= 11 is 11.0. The number of unbranched alkanes of at least 4 members (excludes halogenated alkanes) is 3. The van der Waals surface area contributed by atoms with Crippen LogP contribution in [0, 0.1) is 0 Å². The molecule has 20 heavy (non-hydrogen) atoms. The van der Waals surface area contributed by atoms with E-state index in [1.165, 1.54) is 25.7 Å². The molecular formula is C15H22BrNOS2. The van der Waals surface area contributed by atoms with Crippen LogP contribution in [0.3, 0.4) is 0 Å². The molecule has 0 saturated carbocycles. The van der Waals surface area contributed by atoms with Crippen molar-refractivity contribution in [1.82, 2.24) is 0 Å². The average molecular weight is 376 g/mol. The number of alkyl halides is 1. The van der Waals surface area contributed by atoms with Gasteiger partial charge in [0.2, 0.25) is 0 Å².